The molecule has 0 unspecified atom stereocenters. The number of hydrogen-bond donors (Lipinski definition) is 2. The van der Waals surface area contributed by atoms with Crippen molar-refractivity contribution < 1.29 is 14.7 Å². The zero-order valence-electron chi connectivity index (χ0n) is 15.9. The predicted octanol–water partition coefficient (Wildman–Crippen LogP) is 5.17. The van der Waals surface area contributed by atoms with Gasteiger partial charge in [-0.3, -0.25) is 0 Å². The van der Waals surface area contributed by atoms with Crippen molar-refractivity contribution in [2.75, 3.05) is 0 Å². The Hall–Kier alpha value is -3.18. The molecule has 0 atom stereocenters. The highest BCUT2D eigenvalue weighted by Gasteiger charge is 2.19. The minimum Gasteiger partial charge on any atom is -0.402 e. The van der Waals surface area contributed by atoms with Crippen LogP contribution in [0.4, 0.5) is 0 Å². The van der Waals surface area contributed by atoms with Gasteiger partial charge in [0.05, 0.1) is 6.61 Å². The van der Waals surface area contributed by atoms with E-state index in [1.165, 1.54) is 0 Å². The van der Waals surface area contributed by atoms with Crippen LogP contribution in [0.5, 0.6) is 0 Å². The zero-order valence-corrected chi connectivity index (χ0v) is 15.9. The maximum absolute atomic E-state index is 9.23. The molecule has 0 radical (unpaired) electrons. The Morgan fingerprint density at radius 2 is 1.03 bits per heavy atom. The van der Waals surface area contributed by atoms with Gasteiger partial charge >= 0.3 is 7.32 Å². The van der Waals surface area contributed by atoms with Gasteiger partial charge in [-0.15, -0.1) is 0 Å². The Labute approximate surface area is 171 Å². The first kappa shape index (κ1) is 19.2. The highest BCUT2D eigenvalue weighted by Crippen LogP contribution is 2.42. The van der Waals surface area contributed by atoms with Crippen molar-refractivity contribution in [3.63, 3.8) is 0 Å². The van der Waals surface area contributed by atoms with E-state index in [0.717, 1.165) is 38.9 Å². The van der Waals surface area contributed by atoms with Crippen LogP contribution in [-0.2, 0) is 11.3 Å². The molecule has 0 saturated heterocycles. The van der Waals surface area contributed by atoms with Gasteiger partial charge in [0, 0.05) is 0 Å². The standard InChI is InChI=1S/C25H21BO3/c27-26(28)29-18-22-16-17-23(19-10-4-1-5-11-19)25(21-14-8-3-9-15-21)24(22)20-12-6-2-7-13-20/h1-17,27-28H,18H2. The molecule has 0 aromatic heterocycles. The van der Waals surface area contributed by atoms with Crippen LogP contribution in [0.1, 0.15) is 5.56 Å². The van der Waals surface area contributed by atoms with E-state index in [4.69, 9.17) is 4.65 Å². The van der Waals surface area contributed by atoms with Gasteiger partial charge in [-0.05, 0) is 38.9 Å². The fourth-order valence-electron chi connectivity index (χ4n) is 3.63. The van der Waals surface area contributed by atoms with Crippen LogP contribution in [0.2, 0.25) is 0 Å². The Bertz CT molecular complexity index is 1070. The van der Waals surface area contributed by atoms with E-state index >= 15 is 0 Å². The van der Waals surface area contributed by atoms with Gasteiger partial charge in [0.1, 0.15) is 0 Å². The summed E-state index contributed by atoms with van der Waals surface area (Å²) < 4.78 is 5.14. The van der Waals surface area contributed by atoms with Crippen molar-refractivity contribution in [3.8, 4) is 33.4 Å². The topological polar surface area (TPSA) is 49.7 Å². The maximum atomic E-state index is 9.23. The van der Waals surface area contributed by atoms with Gasteiger partial charge in [0.25, 0.3) is 0 Å². The van der Waals surface area contributed by atoms with Gasteiger partial charge in [-0.1, -0.05) is 103 Å². The van der Waals surface area contributed by atoms with E-state index in [0.29, 0.717) is 0 Å². The molecule has 0 fully saturated rings. The van der Waals surface area contributed by atoms with E-state index in [1.54, 1.807) is 0 Å². The monoisotopic (exact) mass is 380 g/mol. The van der Waals surface area contributed by atoms with Crippen LogP contribution in [0.3, 0.4) is 0 Å². The van der Waals surface area contributed by atoms with Crippen molar-refractivity contribution in [2.24, 2.45) is 0 Å². The van der Waals surface area contributed by atoms with Crippen molar-refractivity contribution in [2.45, 2.75) is 6.61 Å². The molecule has 4 aromatic rings. The molecular weight excluding hydrogens is 359 g/mol. The zero-order chi connectivity index (χ0) is 20.1. The molecule has 0 amide bonds. The molecule has 0 aliphatic heterocycles. The first-order valence-corrected chi connectivity index (χ1v) is 9.54. The summed E-state index contributed by atoms with van der Waals surface area (Å²) in [5.41, 5.74) is 7.40. The lowest BCUT2D eigenvalue weighted by atomic mass is 9.85. The van der Waals surface area contributed by atoms with Crippen molar-refractivity contribution >= 4 is 7.32 Å². The lowest BCUT2D eigenvalue weighted by Gasteiger charge is -2.20. The van der Waals surface area contributed by atoms with E-state index in [1.807, 2.05) is 60.7 Å². The molecule has 4 aromatic carbocycles. The fraction of sp³-hybridized carbons (Fsp3) is 0.0400. The maximum Gasteiger partial charge on any atom is 0.634 e. The highest BCUT2D eigenvalue weighted by molar-refractivity contribution is 6.32. The average Bonchev–Trinajstić information content (AvgIpc) is 2.78. The second kappa shape index (κ2) is 8.88. The smallest absolute Gasteiger partial charge is 0.402 e. The third-order valence-corrected chi connectivity index (χ3v) is 4.89. The van der Waals surface area contributed by atoms with Gasteiger partial charge in [-0.25, -0.2) is 0 Å². The van der Waals surface area contributed by atoms with Crippen molar-refractivity contribution in [1.82, 2.24) is 0 Å². The molecule has 4 heteroatoms. The molecule has 3 nitrogen and oxygen atoms in total. The lowest BCUT2D eigenvalue weighted by Crippen LogP contribution is -2.16. The van der Waals surface area contributed by atoms with E-state index in [2.05, 4.69) is 42.5 Å². The van der Waals surface area contributed by atoms with Crippen molar-refractivity contribution in [3.05, 3.63) is 109 Å². The third kappa shape index (κ3) is 4.30. The van der Waals surface area contributed by atoms with Gasteiger partial charge in [0.15, 0.2) is 0 Å². The summed E-state index contributed by atoms with van der Waals surface area (Å²) in [6.07, 6.45) is 0. The summed E-state index contributed by atoms with van der Waals surface area (Å²) >= 11 is 0. The second-order valence-corrected chi connectivity index (χ2v) is 6.76. The minimum absolute atomic E-state index is 0.0940. The Kier molecular flexibility index (Phi) is 5.87. The summed E-state index contributed by atoms with van der Waals surface area (Å²) in [7, 11) is -1.81. The third-order valence-electron chi connectivity index (χ3n) is 4.89. The van der Waals surface area contributed by atoms with Gasteiger partial charge in [0.2, 0.25) is 0 Å². The molecule has 0 spiro atoms. The molecule has 29 heavy (non-hydrogen) atoms. The van der Waals surface area contributed by atoms with E-state index in [9.17, 15) is 10.0 Å². The van der Waals surface area contributed by atoms with Gasteiger partial charge in [-0.2, -0.15) is 0 Å². The van der Waals surface area contributed by atoms with Crippen LogP contribution < -0.4 is 0 Å². The van der Waals surface area contributed by atoms with E-state index < -0.39 is 7.32 Å². The summed E-state index contributed by atoms with van der Waals surface area (Å²) in [4.78, 5) is 0. The molecule has 0 heterocycles. The van der Waals surface area contributed by atoms with Crippen molar-refractivity contribution in [1.29, 1.82) is 0 Å². The van der Waals surface area contributed by atoms with Gasteiger partial charge < -0.3 is 14.7 Å². The summed E-state index contributed by atoms with van der Waals surface area (Å²) in [6, 6.07) is 34.7. The Morgan fingerprint density at radius 1 is 0.552 bits per heavy atom. The number of benzene rings is 4. The highest BCUT2D eigenvalue weighted by atomic mass is 16.6. The molecule has 0 aliphatic carbocycles. The molecular formula is C25H21BO3. The quantitative estimate of drug-likeness (QED) is 0.454. The van der Waals surface area contributed by atoms with Crippen LogP contribution in [0.25, 0.3) is 33.4 Å². The SMILES string of the molecule is OB(O)OCc1ccc(-c2ccccc2)c(-c2ccccc2)c1-c1ccccc1. The Balaban J connectivity index is 2.02. The van der Waals surface area contributed by atoms with E-state index in [-0.39, 0.29) is 6.61 Å². The molecule has 0 bridgehead atoms. The second-order valence-electron chi connectivity index (χ2n) is 6.76. The lowest BCUT2D eigenvalue weighted by molar-refractivity contribution is 0.177. The first-order chi connectivity index (χ1) is 14.2. The fourth-order valence-corrected chi connectivity index (χ4v) is 3.63. The van der Waals surface area contributed by atoms with Crippen LogP contribution in [0, 0.1) is 0 Å². The first-order valence-electron chi connectivity index (χ1n) is 9.54. The molecule has 0 aliphatic rings. The molecule has 0 saturated carbocycles. The number of rotatable bonds is 6. The van der Waals surface area contributed by atoms with Crippen LogP contribution >= 0.6 is 0 Å². The largest absolute Gasteiger partial charge is 0.634 e. The summed E-state index contributed by atoms with van der Waals surface area (Å²) in [6.45, 7) is 0.0940. The average molecular weight is 380 g/mol. The predicted molar refractivity (Wildman–Crippen MR) is 118 cm³/mol. The van der Waals surface area contributed by atoms with Crippen LogP contribution in [-0.4, -0.2) is 17.4 Å². The summed E-state index contributed by atoms with van der Waals surface area (Å²) in [5.74, 6) is 0. The summed E-state index contributed by atoms with van der Waals surface area (Å²) in [5, 5.41) is 18.5. The Morgan fingerprint density at radius 3 is 1.55 bits per heavy atom. The van der Waals surface area contributed by atoms with Crippen LogP contribution in [0.15, 0.2) is 103 Å². The normalized spacial score (nSPS) is 10.7. The molecule has 142 valence electrons. The number of hydrogen-bond acceptors (Lipinski definition) is 3. The molecule has 2 N–H and O–H groups in total. The minimum atomic E-state index is -1.81. The molecule has 4 rings (SSSR count).